The number of carbonyl (C=O) groups is 3. The van der Waals surface area contributed by atoms with Crippen LogP contribution in [0.25, 0.3) is 22.3 Å². The zero-order chi connectivity index (χ0) is 36.9. The van der Waals surface area contributed by atoms with Crippen LogP contribution in [0.2, 0.25) is 0 Å². The minimum atomic E-state index is -0.534. The SMILES string of the molecule is CCC(CC(C)C(=O)OCCOc1ccc(C(=O)Oc2ccc(-c3ccc(C#N)cc3)cc2)cc1)C(=O)Oc1ccc(-c2ccc(C#N)cc2)cc1. The lowest BCUT2D eigenvalue weighted by Gasteiger charge is -2.18. The van der Waals surface area contributed by atoms with Crippen LogP contribution < -0.4 is 14.2 Å². The van der Waals surface area contributed by atoms with Crippen molar-refractivity contribution in [2.24, 2.45) is 11.8 Å². The minimum absolute atomic E-state index is 0.0122. The highest BCUT2D eigenvalue weighted by atomic mass is 16.6. The first-order chi connectivity index (χ1) is 25.3. The summed E-state index contributed by atoms with van der Waals surface area (Å²) in [7, 11) is 0. The van der Waals surface area contributed by atoms with Gasteiger partial charge in [0, 0.05) is 0 Å². The average molecular weight is 693 g/mol. The first-order valence-corrected chi connectivity index (χ1v) is 16.8. The number of nitrogens with zero attached hydrogens (tertiary/aromatic N) is 2. The maximum Gasteiger partial charge on any atom is 0.343 e. The molecule has 0 aliphatic carbocycles. The van der Waals surface area contributed by atoms with Crippen molar-refractivity contribution < 1.29 is 33.3 Å². The summed E-state index contributed by atoms with van der Waals surface area (Å²) in [5.41, 5.74) is 5.25. The van der Waals surface area contributed by atoms with Crippen LogP contribution in [-0.4, -0.2) is 31.1 Å². The smallest absolute Gasteiger partial charge is 0.343 e. The molecule has 52 heavy (non-hydrogen) atoms. The number of hydrogen-bond acceptors (Lipinski definition) is 9. The van der Waals surface area contributed by atoms with E-state index in [-0.39, 0.29) is 19.6 Å². The van der Waals surface area contributed by atoms with Crippen LogP contribution in [0, 0.1) is 34.5 Å². The van der Waals surface area contributed by atoms with E-state index in [0.29, 0.717) is 40.4 Å². The number of carbonyl (C=O) groups excluding carboxylic acids is 3. The predicted octanol–water partition coefficient (Wildman–Crippen LogP) is 8.56. The van der Waals surface area contributed by atoms with Gasteiger partial charge in [-0.15, -0.1) is 0 Å². The molecule has 9 nitrogen and oxygen atoms in total. The molecule has 0 saturated carbocycles. The first kappa shape index (κ1) is 36.6. The number of benzene rings is 5. The van der Waals surface area contributed by atoms with Crippen LogP contribution in [0.3, 0.4) is 0 Å². The van der Waals surface area contributed by atoms with Gasteiger partial charge in [-0.3, -0.25) is 9.59 Å². The normalized spacial score (nSPS) is 11.6. The Balaban J connectivity index is 1.02. The summed E-state index contributed by atoms with van der Waals surface area (Å²) in [4.78, 5) is 38.3. The zero-order valence-electron chi connectivity index (χ0n) is 28.8. The lowest BCUT2D eigenvalue weighted by molar-refractivity contribution is -0.150. The number of rotatable bonds is 14. The summed E-state index contributed by atoms with van der Waals surface area (Å²) in [5.74, 6) is -1.11. The molecule has 0 aliphatic rings. The summed E-state index contributed by atoms with van der Waals surface area (Å²) < 4.78 is 22.2. The van der Waals surface area contributed by atoms with Crippen LogP contribution in [-0.2, 0) is 14.3 Å². The molecule has 2 atom stereocenters. The van der Waals surface area contributed by atoms with Gasteiger partial charge >= 0.3 is 17.9 Å². The highest BCUT2D eigenvalue weighted by Crippen LogP contribution is 2.26. The Bertz CT molecular complexity index is 2060. The molecule has 0 amide bonds. The maximum atomic E-state index is 12.9. The van der Waals surface area contributed by atoms with E-state index in [1.54, 1.807) is 79.7 Å². The number of esters is 3. The van der Waals surface area contributed by atoms with Gasteiger partial charge in [0.15, 0.2) is 0 Å². The largest absolute Gasteiger partial charge is 0.490 e. The summed E-state index contributed by atoms with van der Waals surface area (Å²) in [6.45, 7) is 3.70. The minimum Gasteiger partial charge on any atom is -0.490 e. The van der Waals surface area contributed by atoms with E-state index in [9.17, 15) is 14.4 Å². The van der Waals surface area contributed by atoms with Gasteiger partial charge in [-0.1, -0.05) is 62.4 Å². The van der Waals surface area contributed by atoms with Gasteiger partial charge in [-0.2, -0.15) is 10.5 Å². The monoisotopic (exact) mass is 692 g/mol. The summed E-state index contributed by atoms with van der Waals surface area (Å²) in [5, 5.41) is 18.0. The molecule has 0 fully saturated rings. The molecule has 0 aliphatic heterocycles. The van der Waals surface area contributed by atoms with Gasteiger partial charge in [0.25, 0.3) is 0 Å². The van der Waals surface area contributed by atoms with Crippen LogP contribution in [0.5, 0.6) is 17.2 Å². The Morgan fingerprint density at radius 3 is 1.48 bits per heavy atom. The molecule has 0 aromatic heterocycles. The molecule has 5 aromatic rings. The van der Waals surface area contributed by atoms with E-state index in [0.717, 1.165) is 22.3 Å². The lowest BCUT2D eigenvalue weighted by atomic mass is 9.94. The van der Waals surface area contributed by atoms with Crippen molar-refractivity contribution >= 4 is 17.9 Å². The molecule has 0 spiro atoms. The van der Waals surface area contributed by atoms with Gasteiger partial charge in [0.05, 0.1) is 40.7 Å². The van der Waals surface area contributed by atoms with Gasteiger partial charge in [-0.05, 0) is 108 Å². The van der Waals surface area contributed by atoms with E-state index in [4.69, 9.17) is 29.5 Å². The Labute approximate surface area is 302 Å². The van der Waals surface area contributed by atoms with Crippen molar-refractivity contribution in [1.82, 2.24) is 0 Å². The second kappa shape index (κ2) is 17.8. The quantitative estimate of drug-likeness (QED) is 0.0637. The zero-order valence-corrected chi connectivity index (χ0v) is 28.8. The molecule has 5 rings (SSSR count). The fourth-order valence-electron chi connectivity index (χ4n) is 5.35. The highest BCUT2D eigenvalue weighted by molar-refractivity contribution is 5.91. The third-order valence-corrected chi connectivity index (χ3v) is 8.39. The summed E-state index contributed by atoms with van der Waals surface area (Å²) in [6.07, 6.45) is 0.774. The molecule has 2 unspecified atom stereocenters. The van der Waals surface area contributed by atoms with Crippen molar-refractivity contribution in [2.45, 2.75) is 26.7 Å². The molecule has 260 valence electrons. The van der Waals surface area contributed by atoms with Crippen molar-refractivity contribution in [3.05, 3.63) is 138 Å². The van der Waals surface area contributed by atoms with Crippen molar-refractivity contribution in [1.29, 1.82) is 10.5 Å². The summed E-state index contributed by atoms with van der Waals surface area (Å²) >= 11 is 0. The Morgan fingerprint density at radius 2 is 1.02 bits per heavy atom. The lowest BCUT2D eigenvalue weighted by Crippen LogP contribution is -2.26. The molecule has 0 N–H and O–H groups in total. The van der Waals surface area contributed by atoms with E-state index >= 15 is 0 Å². The van der Waals surface area contributed by atoms with Crippen molar-refractivity contribution in [3.63, 3.8) is 0 Å². The van der Waals surface area contributed by atoms with E-state index in [1.807, 2.05) is 55.5 Å². The second-order valence-corrected chi connectivity index (χ2v) is 12.0. The van der Waals surface area contributed by atoms with Crippen LogP contribution in [0.15, 0.2) is 121 Å². The Morgan fingerprint density at radius 1 is 0.577 bits per heavy atom. The molecule has 0 radical (unpaired) electrons. The highest BCUT2D eigenvalue weighted by Gasteiger charge is 2.26. The fourth-order valence-corrected chi connectivity index (χ4v) is 5.35. The van der Waals surface area contributed by atoms with E-state index in [1.165, 1.54) is 0 Å². The molecule has 0 bridgehead atoms. The molecular weight excluding hydrogens is 656 g/mol. The predicted molar refractivity (Wildman–Crippen MR) is 194 cm³/mol. The molecule has 9 heteroatoms. The Hall–Kier alpha value is -6.71. The third kappa shape index (κ3) is 9.93. The van der Waals surface area contributed by atoms with Gasteiger partial charge in [0.2, 0.25) is 0 Å². The fraction of sp³-hybridized carbons (Fsp3) is 0.186. The molecule has 0 saturated heterocycles. The van der Waals surface area contributed by atoms with Gasteiger partial charge in [-0.25, -0.2) is 4.79 Å². The average Bonchev–Trinajstić information content (AvgIpc) is 3.19. The number of hydrogen-bond donors (Lipinski definition) is 0. The third-order valence-electron chi connectivity index (χ3n) is 8.39. The topological polar surface area (TPSA) is 136 Å². The summed E-state index contributed by atoms with van der Waals surface area (Å²) in [6, 6.07) is 39.3. The number of ether oxygens (including phenoxy) is 4. The maximum absolute atomic E-state index is 12.9. The van der Waals surface area contributed by atoms with Crippen LogP contribution in [0.4, 0.5) is 0 Å². The Kier molecular flexibility index (Phi) is 12.5. The van der Waals surface area contributed by atoms with E-state index in [2.05, 4.69) is 12.1 Å². The standard InChI is InChI=1S/C43H36N2O7/c1-3-32(42(47)51-39-20-12-35(13-21-39)33-8-4-30(27-44)5-9-33)26-29(2)41(46)50-25-24-49-38-18-16-37(17-19-38)43(48)52-40-22-14-36(15-23-40)34-10-6-31(28-45)7-11-34/h4-23,29,32H,3,24-26H2,1-2H3. The van der Waals surface area contributed by atoms with Crippen LogP contribution in [0.1, 0.15) is 48.2 Å². The number of nitriles is 2. The van der Waals surface area contributed by atoms with Crippen molar-refractivity contribution in [2.75, 3.05) is 13.2 Å². The van der Waals surface area contributed by atoms with Gasteiger partial charge in [0.1, 0.15) is 30.5 Å². The second-order valence-electron chi connectivity index (χ2n) is 12.0. The molecule has 5 aromatic carbocycles. The van der Waals surface area contributed by atoms with Crippen molar-refractivity contribution in [3.8, 4) is 51.6 Å². The first-order valence-electron chi connectivity index (χ1n) is 16.8. The molecule has 0 heterocycles. The van der Waals surface area contributed by atoms with Gasteiger partial charge < -0.3 is 18.9 Å². The van der Waals surface area contributed by atoms with Crippen LogP contribution >= 0.6 is 0 Å². The molecular formula is C43H36N2O7. The van der Waals surface area contributed by atoms with E-state index < -0.39 is 29.7 Å².